The summed E-state index contributed by atoms with van der Waals surface area (Å²) in [4.78, 5) is 52.5. The molecule has 4 amide bonds. The molecule has 1 fully saturated rings. The molecule has 188 valence electrons. The summed E-state index contributed by atoms with van der Waals surface area (Å²) < 4.78 is 0. The molecule has 1 heterocycles. The van der Waals surface area contributed by atoms with Crippen LogP contribution in [0.4, 0.5) is 5.69 Å². The van der Waals surface area contributed by atoms with Crippen LogP contribution < -0.4 is 16.0 Å². The summed E-state index contributed by atoms with van der Waals surface area (Å²) in [6, 6.07) is 21.0. The molecule has 2 aliphatic rings. The maximum atomic E-state index is 13.0. The Labute approximate surface area is 215 Å². The fourth-order valence-corrected chi connectivity index (χ4v) is 4.53. The number of rotatable bonds is 8. The van der Waals surface area contributed by atoms with E-state index in [2.05, 4.69) is 16.0 Å². The average molecular weight is 497 g/mol. The molecule has 1 unspecified atom stereocenters. The number of carbonyl (C=O) groups excluding carboxylic acids is 4. The number of hydrogen-bond donors (Lipinski definition) is 3. The Morgan fingerprint density at radius 2 is 1.68 bits per heavy atom. The van der Waals surface area contributed by atoms with Crippen LogP contribution in [-0.4, -0.2) is 41.1 Å². The van der Waals surface area contributed by atoms with Crippen LogP contribution in [0, 0.1) is 6.92 Å². The van der Waals surface area contributed by atoms with E-state index >= 15 is 0 Å². The minimum absolute atomic E-state index is 0.0725. The Kier molecular flexibility index (Phi) is 6.72. The number of hydrogen-bond acceptors (Lipinski definition) is 4. The normalized spacial score (nSPS) is 16.2. The number of nitrogens with one attached hydrogen (secondary N) is 3. The van der Waals surface area contributed by atoms with Crippen molar-refractivity contribution >= 4 is 29.3 Å². The van der Waals surface area contributed by atoms with Crippen molar-refractivity contribution in [2.45, 2.75) is 38.4 Å². The molecule has 8 heteroatoms. The van der Waals surface area contributed by atoms with Crippen molar-refractivity contribution in [3.05, 3.63) is 101 Å². The maximum Gasteiger partial charge on any atom is 0.255 e. The zero-order chi connectivity index (χ0) is 25.9. The molecule has 0 bridgehead atoms. The lowest BCUT2D eigenvalue weighted by atomic mass is 10.0. The Hall–Kier alpha value is -4.46. The first-order valence-corrected chi connectivity index (χ1v) is 12.3. The number of anilines is 1. The van der Waals surface area contributed by atoms with Crippen LogP contribution in [0.1, 0.15) is 56.3 Å². The quantitative estimate of drug-likeness (QED) is 0.445. The summed E-state index contributed by atoms with van der Waals surface area (Å²) >= 11 is 0. The highest BCUT2D eigenvalue weighted by Crippen LogP contribution is 2.41. The van der Waals surface area contributed by atoms with Crippen molar-refractivity contribution in [1.82, 2.24) is 15.5 Å². The fraction of sp³-hybridized carbons (Fsp3) is 0.241. The number of carbonyl (C=O) groups is 4. The molecule has 1 aliphatic carbocycles. The van der Waals surface area contributed by atoms with E-state index in [1.165, 1.54) is 0 Å². The van der Waals surface area contributed by atoms with Crippen LogP contribution in [-0.2, 0) is 16.1 Å². The van der Waals surface area contributed by atoms with E-state index < -0.39 is 6.04 Å². The van der Waals surface area contributed by atoms with Gasteiger partial charge < -0.3 is 20.9 Å². The van der Waals surface area contributed by atoms with E-state index in [1.807, 2.05) is 31.2 Å². The summed E-state index contributed by atoms with van der Waals surface area (Å²) in [6.45, 7) is 2.00. The Morgan fingerprint density at radius 3 is 2.43 bits per heavy atom. The molecule has 0 aromatic heterocycles. The lowest BCUT2D eigenvalue weighted by Gasteiger charge is -2.24. The van der Waals surface area contributed by atoms with Gasteiger partial charge >= 0.3 is 0 Å². The SMILES string of the molecule is Cc1ccc(C(=O)Nc2cccc(CNC(=O)CNC(=O)C3c4ccccc4C(=O)N3C3CC3)c2)cc1. The number of benzene rings is 3. The summed E-state index contributed by atoms with van der Waals surface area (Å²) in [7, 11) is 0. The van der Waals surface area contributed by atoms with E-state index in [1.54, 1.807) is 53.4 Å². The van der Waals surface area contributed by atoms with E-state index in [-0.39, 0.29) is 42.8 Å². The van der Waals surface area contributed by atoms with Gasteiger partial charge in [0, 0.05) is 29.4 Å². The molecule has 0 saturated heterocycles. The first-order chi connectivity index (χ1) is 17.9. The van der Waals surface area contributed by atoms with Crippen LogP contribution in [0.5, 0.6) is 0 Å². The van der Waals surface area contributed by atoms with Gasteiger partial charge in [-0.3, -0.25) is 19.2 Å². The molecule has 37 heavy (non-hydrogen) atoms. The lowest BCUT2D eigenvalue weighted by molar-refractivity contribution is -0.129. The zero-order valence-electron chi connectivity index (χ0n) is 20.5. The third-order valence-corrected chi connectivity index (χ3v) is 6.60. The van der Waals surface area contributed by atoms with Crippen LogP contribution in [0.3, 0.4) is 0 Å². The van der Waals surface area contributed by atoms with Crippen molar-refractivity contribution in [2.75, 3.05) is 11.9 Å². The zero-order valence-corrected chi connectivity index (χ0v) is 20.5. The van der Waals surface area contributed by atoms with Gasteiger partial charge in [-0.25, -0.2) is 0 Å². The molecule has 3 aromatic rings. The molecule has 5 rings (SSSR count). The minimum Gasteiger partial charge on any atom is -0.350 e. The summed E-state index contributed by atoms with van der Waals surface area (Å²) in [6.07, 6.45) is 1.77. The van der Waals surface area contributed by atoms with E-state index in [0.717, 1.165) is 24.0 Å². The number of nitrogens with zero attached hydrogens (tertiary/aromatic N) is 1. The molecule has 3 N–H and O–H groups in total. The second-order valence-electron chi connectivity index (χ2n) is 9.45. The van der Waals surface area contributed by atoms with Crippen LogP contribution in [0.2, 0.25) is 0 Å². The minimum atomic E-state index is -0.710. The largest absolute Gasteiger partial charge is 0.350 e. The second-order valence-corrected chi connectivity index (χ2v) is 9.45. The van der Waals surface area contributed by atoms with Gasteiger partial charge in [-0.05, 0) is 61.2 Å². The number of aryl methyl sites for hydroxylation is 1. The van der Waals surface area contributed by atoms with Gasteiger partial charge in [0.15, 0.2) is 0 Å². The second kappa shape index (κ2) is 10.3. The number of amides is 4. The van der Waals surface area contributed by atoms with Gasteiger partial charge in [0.05, 0.1) is 6.54 Å². The third-order valence-electron chi connectivity index (χ3n) is 6.60. The highest BCUT2D eigenvalue weighted by Gasteiger charge is 2.47. The summed E-state index contributed by atoms with van der Waals surface area (Å²) in [5, 5.41) is 8.35. The van der Waals surface area contributed by atoms with Gasteiger partial charge in [0.1, 0.15) is 6.04 Å². The van der Waals surface area contributed by atoms with E-state index in [9.17, 15) is 19.2 Å². The molecule has 1 aliphatic heterocycles. The van der Waals surface area contributed by atoms with Gasteiger partial charge in [-0.15, -0.1) is 0 Å². The maximum absolute atomic E-state index is 13.0. The Bertz CT molecular complexity index is 1360. The molecular weight excluding hydrogens is 468 g/mol. The monoisotopic (exact) mass is 496 g/mol. The first kappa shape index (κ1) is 24.2. The fourth-order valence-electron chi connectivity index (χ4n) is 4.53. The van der Waals surface area contributed by atoms with Crippen molar-refractivity contribution < 1.29 is 19.2 Å². The topological polar surface area (TPSA) is 108 Å². The van der Waals surface area contributed by atoms with Gasteiger partial charge in [-0.2, -0.15) is 0 Å². The Balaban J connectivity index is 1.14. The molecule has 8 nitrogen and oxygen atoms in total. The highest BCUT2D eigenvalue weighted by atomic mass is 16.2. The molecular formula is C29H28N4O4. The van der Waals surface area contributed by atoms with Crippen molar-refractivity contribution in [3.63, 3.8) is 0 Å². The molecule has 0 spiro atoms. The molecule has 3 aromatic carbocycles. The van der Waals surface area contributed by atoms with Crippen LogP contribution in [0.25, 0.3) is 0 Å². The predicted octanol–water partition coefficient (Wildman–Crippen LogP) is 3.34. The predicted molar refractivity (Wildman–Crippen MR) is 139 cm³/mol. The van der Waals surface area contributed by atoms with E-state index in [0.29, 0.717) is 22.4 Å². The van der Waals surface area contributed by atoms with Crippen molar-refractivity contribution in [3.8, 4) is 0 Å². The van der Waals surface area contributed by atoms with Crippen LogP contribution >= 0.6 is 0 Å². The Morgan fingerprint density at radius 1 is 0.919 bits per heavy atom. The van der Waals surface area contributed by atoms with Gasteiger partial charge in [-0.1, -0.05) is 48.0 Å². The van der Waals surface area contributed by atoms with E-state index in [4.69, 9.17) is 0 Å². The lowest BCUT2D eigenvalue weighted by Crippen LogP contribution is -2.43. The highest BCUT2D eigenvalue weighted by molar-refractivity contribution is 6.05. The third kappa shape index (κ3) is 5.38. The molecule has 1 saturated carbocycles. The number of fused-ring (bicyclic) bond motifs is 1. The van der Waals surface area contributed by atoms with Crippen LogP contribution in [0.15, 0.2) is 72.8 Å². The smallest absolute Gasteiger partial charge is 0.255 e. The van der Waals surface area contributed by atoms with Gasteiger partial charge in [0.25, 0.3) is 11.8 Å². The van der Waals surface area contributed by atoms with Crippen molar-refractivity contribution in [2.24, 2.45) is 0 Å². The molecule has 1 atom stereocenters. The molecule has 0 radical (unpaired) electrons. The summed E-state index contributed by atoms with van der Waals surface area (Å²) in [5.74, 6) is -1.05. The standard InChI is InChI=1S/C29H28N4O4/c1-18-9-11-20(12-10-18)27(35)32-21-6-4-5-19(15-21)16-30-25(34)17-31-28(36)26-23-7-2-3-8-24(23)29(37)33(26)22-13-14-22/h2-12,15,22,26H,13-14,16-17H2,1H3,(H,30,34)(H,31,36)(H,32,35). The summed E-state index contributed by atoms with van der Waals surface area (Å²) in [5.41, 5.74) is 4.29. The first-order valence-electron chi connectivity index (χ1n) is 12.3. The van der Waals surface area contributed by atoms with Crippen molar-refractivity contribution in [1.29, 1.82) is 0 Å². The van der Waals surface area contributed by atoms with Gasteiger partial charge in [0.2, 0.25) is 11.8 Å². The average Bonchev–Trinajstić information content (AvgIpc) is 3.70.